The highest BCUT2D eigenvalue weighted by Crippen LogP contribution is 2.44. The van der Waals surface area contributed by atoms with E-state index in [1.54, 1.807) is 27.7 Å². The normalized spacial score (nSPS) is 23.8. The fourth-order valence-corrected chi connectivity index (χ4v) is 6.39. The van der Waals surface area contributed by atoms with Crippen molar-refractivity contribution in [2.75, 3.05) is 6.54 Å². The van der Waals surface area contributed by atoms with Crippen molar-refractivity contribution in [3.05, 3.63) is 24.3 Å². The first-order chi connectivity index (χ1) is 22.7. The maximum Gasteiger partial charge on any atom is 0.289 e. The standard InChI is InChI=1S/C32H44F3N7O6/c1-15(2)24(40-28(44)22-13-36-11-12-37-22)29(45)41-25(16(3)4)32(48)42-14-19-18(7-8-20(19)33)26(42)30(46)39-21(9-10-23(34)35)27(43)31(47)38-17-5-6-17/h11-13,15-21,23-26H,5-10,14H2,1-4H3,(H,38,47)(H,39,46)(H,40,44)(H,41,45)/t18-,19-,20-,21?,24+,25-,26-/m0/s1. The SMILES string of the molecule is CC(C)[C@H](NC(=O)[C@H](NC(=O)c1cnccn1)C(C)C)C(=O)N1C[C@H]2[C@H](CC[C@@H]2F)[C@H]1C(=O)NC(CCC(F)F)C(=O)C(=O)NC1CC1. The van der Waals surface area contributed by atoms with Gasteiger partial charge in [-0.15, -0.1) is 0 Å². The summed E-state index contributed by atoms with van der Waals surface area (Å²) in [7, 11) is 0. The van der Waals surface area contributed by atoms with E-state index in [1.165, 1.54) is 23.5 Å². The lowest BCUT2D eigenvalue weighted by Gasteiger charge is -2.34. The minimum atomic E-state index is -2.80. The molecule has 1 aromatic rings. The largest absolute Gasteiger partial charge is 0.347 e. The molecule has 0 aromatic carbocycles. The van der Waals surface area contributed by atoms with E-state index in [1.807, 2.05) is 0 Å². The zero-order valence-corrected chi connectivity index (χ0v) is 27.5. The van der Waals surface area contributed by atoms with E-state index < -0.39 is 109 Å². The van der Waals surface area contributed by atoms with Crippen LogP contribution in [0.3, 0.4) is 0 Å². The molecule has 2 heterocycles. The molecule has 1 saturated heterocycles. The molecule has 1 aromatic heterocycles. The van der Waals surface area contributed by atoms with E-state index in [0.29, 0.717) is 12.8 Å². The summed E-state index contributed by atoms with van der Waals surface area (Å²) >= 11 is 0. The van der Waals surface area contributed by atoms with Gasteiger partial charge in [0.1, 0.15) is 30.0 Å². The smallest absolute Gasteiger partial charge is 0.289 e. The van der Waals surface area contributed by atoms with Crippen molar-refractivity contribution in [1.82, 2.24) is 36.1 Å². The Morgan fingerprint density at radius 3 is 2.15 bits per heavy atom. The lowest BCUT2D eigenvalue weighted by molar-refractivity contribution is -0.145. The maximum absolute atomic E-state index is 15.0. The zero-order chi connectivity index (χ0) is 35.3. The number of likely N-dealkylation sites (tertiary alicyclic amines) is 1. The number of aromatic nitrogens is 2. The van der Waals surface area contributed by atoms with Crippen LogP contribution in [0.2, 0.25) is 0 Å². The number of Topliss-reactive ketones (excluding diaryl/α,β-unsaturated/α-hetero) is 1. The second-order valence-corrected chi connectivity index (χ2v) is 13.5. The first-order valence-electron chi connectivity index (χ1n) is 16.4. The van der Waals surface area contributed by atoms with Crippen LogP contribution >= 0.6 is 0 Å². The van der Waals surface area contributed by atoms with Gasteiger partial charge < -0.3 is 26.2 Å². The fraction of sp³-hybridized carbons (Fsp3) is 0.688. The molecule has 4 rings (SSSR count). The number of nitrogens with one attached hydrogen (secondary N) is 4. The third-order valence-electron chi connectivity index (χ3n) is 9.20. The molecule has 5 amide bonds. The molecule has 3 fully saturated rings. The molecule has 13 nitrogen and oxygen atoms in total. The summed E-state index contributed by atoms with van der Waals surface area (Å²) in [6, 6.07) is -5.30. The van der Waals surface area contributed by atoms with Crippen molar-refractivity contribution < 1.29 is 41.9 Å². The zero-order valence-electron chi connectivity index (χ0n) is 27.5. The highest BCUT2D eigenvalue weighted by molar-refractivity contribution is 6.38. The molecule has 4 N–H and O–H groups in total. The summed E-state index contributed by atoms with van der Waals surface area (Å²) in [5, 5.41) is 10.3. The topological polar surface area (TPSA) is 180 Å². The Bertz CT molecular complexity index is 1360. The van der Waals surface area contributed by atoms with E-state index in [-0.39, 0.29) is 31.1 Å². The average molecular weight is 680 g/mol. The van der Waals surface area contributed by atoms with Crippen molar-refractivity contribution in [3.63, 3.8) is 0 Å². The van der Waals surface area contributed by atoms with Crippen LogP contribution in [0.25, 0.3) is 0 Å². The summed E-state index contributed by atoms with van der Waals surface area (Å²) in [6.45, 7) is 6.61. The molecule has 0 spiro atoms. The molecule has 16 heteroatoms. The van der Waals surface area contributed by atoms with Crippen molar-refractivity contribution in [1.29, 1.82) is 0 Å². The van der Waals surface area contributed by atoms with Gasteiger partial charge in [0.25, 0.3) is 11.8 Å². The maximum atomic E-state index is 15.0. The summed E-state index contributed by atoms with van der Waals surface area (Å²) in [4.78, 5) is 88.8. The average Bonchev–Trinajstić information content (AvgIpc) is 3.67. The van der Waals surface area contributed by atoms with Crippen LogP contribution in [-0.2, 0) is 24.0 Å². The molecule has 1 aliphatic heterocycles. The van der Waals surface area contributed by atoms with Crippen LogP contribution in [0.5, 0.6) is 0 Å². The monoisotopic (exact) mass is 679 g/mol. The Morgan fingerprint density at radius 1 is 0.875 bits per heavy atom. The number of carbonyl (C=O) groups is 6. The van der Waals surface area contributed by atoms with Crippen molar-refractivity contribution in [3.8, 4) is 0 Å². The molecular formula is C32H44F3N7O6. The van der Waals surface area contributed by atoms with Gasteiger partial charge in [-0.05, 0) is 49.9 Å². The van der Waals surface area contributed by atoms with E-state index in [9.17, 15) is 37.5 Å². The van der Waals surface area contributed by atoms with E-state index in [4.69, 9.17) is 0 Å². The van der Waals surface area contributed by atoms with Crippen LogP contribution < -0.4 is 21.3 Å². The van der Waals surface area contributed by atoms with Crippen LogP contribution in [0, 0.1) is 23.7 Å². The summed E-state index contributed by atoms with van der Waals surface area (Å²) in [5.74, 6) is -7.17. The predicted molar refractivity (Wildman–Crippen MR) is 165 cm³/mol. The number of amides is 5. The Balaban J connectivity index is 1.54. The number of halogens is 3. The second kappa shape index (κ2) is 15.9. The molecule has 2 aliphatic carbocycles. The Kier molecular flexibility index (Phi) is 12.1. The number of hydrogen-bond acceptors (Lipinski definition) is 8. The van der Waals surface area contributed by atoms with Gasteiger partial charge >= 0.3 is 0 Å². The first kappa shape index (κ1) is 36.7. The van der Waals surface area contributed by atoms with Gasteiger partial charge in [0.2, 0.25) is 29.9 Å². The minimum absolute atomic E-state index is 0.0129. The molecule has 7 atom stereocenters. The third-order valence-corrected chi connectivity index (χ3v) is 9.20. The molecule has 264 valence electrons. The van der Waals surface area contributed by atoms with Gasteiger partial charge in [-0.1, -0.05) is 27.7 Å². The Labute approximate surface area is 276 Å². The highest BCUT2D eigenvalue weighted by Gasteiger charge is 2.55. The number of carbonyl (C=O) groups excluding carboxylic acids is 6. The molecule has 3 aliphatic rings. The number of alkyl halides is 3. The fourth-order valence-electron chi connectivity index (χ4n) is 6.39. The number of fused-ring (bicyclic) bond motifs is 1. The highest BCUT2D eigenvalue weighted by atomic mass is 19.3. The molecule has 1 unspecified atom stereocenters. The van der Waals surface area contributed by atoms with E-state index >= 15 is 4.39 Å². The molecular weight excluding hydrogens is 635 g/mol. The second-order valence-electron chi connectivity index (χ2n) is 13.5. The quantitative estimate of drug-likeness (QED) is 0.201. The number of rotatable bonds is 15. The predicted octanol–water partition coefficient (Wildman–Crippen LogP) is 1.32. The third kappa shape index (κ3) is 8.86. The minimum Gasteiger partial charge on any atom is -0.347 e. The van der Waals surface area contributed by atoms with Gasteiger partial charge in [-0.25, -0.2) is 18.2 Å². The summed E-state index contributed by atoms with van der Waals surface area (Å²) in [5.41, 5.74) is -0.0129. The van der Waals surface area contributed by atoms with Gasteiger partial charge in [0.05, 0.1) is 12.2 Å². The van der Waals surface area contributed by atoms with E-state index in [2.05, 4.69) is 31.2 Å². The van der Waals surface area contributed by atoms with Crippen molar-refractivity contribution in [2.24, 2.45) is 23.7 Å². The molecule has 48 heavy (non-hydrogen) atoms. The Morgan fingerprint density at radius 2 is 1.56 bits per heavy atom. The van der Waals surface area contributed by atoms with Crippen molar-refractivity contribution in [2.45, 2.75) is 109 Å². The van der Waals surface area contributed by atoms with Gasteiger partial charge in [0.15, 0.2) is 0 Å². The Hall–Kier alpha value is -4.11. The molecule has 2 saturated carbocycles. The first-order valence-corrected chi connectivity index (χ1v) is 16.4. The van der Waals surface area contributed by atoms with Crippen LogP contribution in [-0.4, -0.2) is 99.5 Å². The van der Waals surface area contributed by atoms with Gasteiger partial charge in [-0.3, -0.25) is 33.8 Å². The summed E-state index contributed by atoms with van der Waals surface area (Å²) in [6.07, 6.45) is 0.356. The lowest BCUT2D eigenvalue weighted by Crippen LogP contribution is -2.60. The number of nitrogens with zero attached hydrogens (tertiary/aromatic N) is 3. The van der Waals surface area contributed by atoms with Crippen LogP contribution in [0.1, 0.15) is 76.7 Å². The van der Waals surface area contributed by atoms with Gasteiger partial charge in [-0.2, -0.15) is 0 Å². The van der Waals surface area contributed by atoms with E-state index in [0.717, 1.165) is 0 Å². The summed E-state index contributed by atoms with van der Waals surface area (Å²) < 4.78 is 41.3. The number of ketones is 1. The van der Waals surface area contributed by atoms with Crippen LogP contribution in [0.4, 0.5) is 13.2 Å². The van der Waals surface area contributed by atoms with Gasteiger partial charge in [0, 0.05) is 37.3 Å². The van der Waals surface area contributed by atoms with Crippen molar-refractivity contribution >= 4 is 35.3 Å². The lowest BCUT2D eigenvalue weighted by atomic mass is 9.92. The number of hydrogen-bond donors (Lipinski definition) is 4. The molecule has 0 radical (unpaired) electrons. The molecule has 0 bridgehead atoms. The van der Waals surface area contributed by atoms with Crippen LogP contribution in [0.15, 0.2) is 18.6 Å².